The van der Waals surface area contributed by atoms with Crippen molar-refractivity contribution < 1.29 is 4.74 Å². The summed E-state index contributed by atoms with van der Waals surface area (Å²) in [6.07, 6.45) is 7.55. The maximum absolute atomic E-state index is 6.08. The number of hydrogen-bond donors (Lipinski definition) is 1. The largest absolute Gasteiger partial charge is 0.375 e. The van der Waals surface area contributed by atoms with Gasteiger partial charge in [0.05, 0.1) is 15.5 Å². The van der Waals surface area contributed by atoms with Crippen LogP contribution in [0.4, 0.5) is 5.13 Å². The SMILES string of the molecule is Cc1nc(N)sc1SC1CCOC2(CCCC2)C1. The van der Waals surface area contributed by atoms with Crippen LogP contribution in [0.3, 0.4) is 0 Å². The Hall–Kier alpha value is -0.260. The van der Waals surface area contributed by atoms with Crippen LogP contribution in [0.25, 0.3) is 0 Å². The molecule has 2 N–H and O–H groups in total. The lowest BCUT2D eigenvalue weighted by molar-refractivity contribution is -0.0703. The zero-order chi connectivity index (χ0) is 12.6. The number of aryl methyl sites for hydroxylation is 1. The summed E-state index contributed by atoms with van der Waals surface area (Å²) in [5.74, 6) is 0. The molecule has 1 aliphatic carbocycles. The molecule has 100 valence electrons. The minimum absolute atomic E-state index is 0.208. The molecule has 1 spiro atoms. The van der Waals surface area contributed by atoms with Crippen LogP contribution in [0.1, 0.15) is 44.2 Å². The van der Waals surface area contributed by atoms with Gasteiger partial charge in [0.15, 0.2) is 5.13 Å². The average molecular weight is 284 g/mol. The fraction of sp³-hybridized carbons (Fsp3) is 0.769. The van der Waals surface area contributed by atoms with E-state index in [1.807, 2.05) is 11.8 Å². The van der Waals surface area contributed by atoms with E-state index < -0.39 is 0 Å². The summed E-state index contributed by atoms with van der Waals surface area (Å²) in [4.78, 5) is 4.31. The number of aromatic nitrogens is 1. The summed E-state index contributed by atoms with van der Waals surface area (Å²) in [6, 6.07) is 0. The molecular weight excluding hydrogens is 264 g/mol. The predicted molar refractivity (Wildman–Crippen MR) is 77.3 cm³/mol. The number of ether oxygens (including phenoxy) is 1. The average Bonchev–Trinajstić information content (AvgIpc) is 2.88. The molecule has 0 aromatic carbocycles. The molecule has 1 aromatic heterocycles. The fourth-order valence-electron chi connectivity index (χ4n) is 3.11. The van der Waals surface area contributed by atoms with Gasteiger partial charge in [-0.3, -0.25) is 0 Å². The number of nitrogens with zero attached hydrogens (tertiary/aromatic N) is 1. The second-order valence-corrected chi connectivity index (χ2v) is 8.00. The lowest BCUT2D eigenvalue weighted by atomic mass is 9.92. The minimum Gasteiger partial charge on any atom is -0.375 e. The highest BCUT2D eigenvalue weighted by atomic mass is 32.2. The van der Waals surface area contributed by atoms with Crippen LogP contribution < -0.4 is 5.73 Å². The molecular formula is C13H20N2OS2. The third-order valence-electron chi connectivity index (χ3n) is 4.01. The molecule has 2 heterocycles. The molecule has 3 nitrogen and oxygen atoms in total. The highest BCUT2D eigenvalue weighted by Crippen LogP contribution is 2.45. The van der Waals surface area contributed by atoms with Crippen molar-refractivity contribution in [1.29, 1.82) is 0 Å². The van der Waals surface area contributed by atoms with Gasteiger partial charge in [-0.25, -0.2) is 4.98 Å². The molecule has 1 saturated carbocycles. The number of thiazole rings is 1. The van der Waals surface area contributed by atoms with Gasteiger partial charge in [-0.2, -0.15) is 0 Å². The van der Waals surface area contributed by atoms with Gasteiger partial charge in [0.2, 0.25) is 0 Å². The minimum atomic E-state index is 0.208. The first kappa shape index (κ1) is 12.8. The molecule has 0 radical (unpaired) electrons. The summed E-state index contributed by atoms with van der Waals surface area (Å²) >= 11 is 3.60. The zero-order valence-electron chi connectivity index (χ0n) is 10.8. The first-order chi connectivity index (χ1) is 8.67. The number of hydrogen-bond acceptors (Lipinski definition) is 5. The van der Waals surface area contributed by atoms with Gasteiger partial charge in [-0.1, -0.05) is 24.2 Å². The van der Waals surface area contributed by atoms with Crippen molar-refractivity contribution in [1.82, 2.24) is 4.98 Å². The normalized spacial score (nSPS) is 26.8. The second kappa shape index (κ2) is 5.02. The van der Waals surface area contributed by atoms with Gasteiger partial charge < -0.3 is 10.5 Å². The Balaban J connectivity index is 1.67. The molecule has 0 bridgehead atoms. The van der Waals surface area contributed by atoms with E-state index in [1.54, 1.807) is 11.3 Å². The molecule has 1 atom stereocenters. The molecule has 0 amide bonds. The lowest BCUT2D eigenvalue weighted by Crippen LogP contribution is -2.38. The van der Waals surface area contributed by atoms with Crippen molar-refractivity contribution in [2.45, 2.75) is 60.5 Å². The monoisotopic (exact) mass is 284 g/mol. The second-order valence-electron chi connectivity index (χ2n) is 5.40. The first-order valence-electron chi connectivity index (χ1n) is 6.70. The molecule has 1 aromatic rings. The standard InChI is InChI=1S/C13H20N2OS2/c1-9-11(18-12(14)15-9)17-10-4-7-16-13(8-10)5-2-3-6-13/h10H,2-8H2,1H3,(H2,14,15). The topological polar surface area (TPSA) is 48.1 Å². The van der Waals surface area contributed by atoms with Crippen LogP contribution in [0.15, 0.2) is 4.21 Å². The fourth-order valence-corrected chi connectivity index (χ4v) is 5.66. The van der Waals surface area contributed by atoms with Crippen molar-refractivity contribution >= 4 is 28.2 Å². The quantitative estimate of drug-likeness (QED) is 0.901. The van der Waals surface area contributed by atoms with Crippen LogP contribution in [-0.4, -0.2) is 22.4 Å². The van der Waals surface area contributed by atoms with Gasteiger partial charge in [0.25, 0.3) is 0 Å². The van der Waals surface area contributed by atoms with E-state index in [2.05, 4.69) is 11.9 Å². The Morgan fingerprint density at radius 3 is 2.89 bits per heavy atom. The van der Waals surface area contributed by atoms with Gasteiger partial charge in [-0.15, -0.1) is 11.8 Å². The Labute approximate surface area is 117 Å². The molecule has 1 saturated heterocycles. The van der Waals surface area contributed by atoms with E-state index in [4.69, 9.17) is 10.5 Å². The van der Waals surface area contributed by atoms with Crippen molar-refractivity contribution in [2.24, 2.45) is 0 Å². The van der Waals surface area contributed by atoms with E-state index >= 15 is 0 Å². The summed E-state index contributed by atoms with van der Waals surface area (Å²) in [6.45, 7) is 2.98. The first-order valence-corrected chi connectivity index (χ1v) is 8.40. The molecule has 3 rings (SSSR count). The van der Waals surface area contributed by atoms with Crippen molar-refractivity contribution in [3.63, 3.8) is 0 Å². The van der Waals surface area contributed by atoms with Crippen LogP contribution in [-0.2, 0) is 4.74 Å². The Kier molecular flexibility index (Phi) is 3.56. The number of nitrogens with two attached hydrogens (primary N) is 1. The zero-order valence-corrected chi connectivity index (χ0v) is 12.4. The van der Waals surface area contributed by atoms with Gasteiger partial charge in [-0.05, 0) is 32.6 Å². The molecule has 18 heavy (non-hydrogen) atoms. The summed E-state index contributed by atoms with van der Waals surface area (Å²) in [5.41, 5.74) is 7.07. The van der Waals surface area contributed by atoms with E-state index in [1.165, 1.54) is 36.3 Å². The third kappa shape index (κ3) is 2.53. The molecule has 1 aliphatic heterocycles. The molecule has 2 fully saturated rings. The van der Waals surface area contributed by atoms with Gasteiger partial charge >= 0.3 is 0 Å². The van der Waals surface area contributed by atoms with Crippen LogP contribution in [0, 0.1) is 6.92 Å². The Morgan fingerprint density at radius 1 is 1.44 bits per heavy atom. The van der Waals surface area contributed by atoms with Crippen molar-refractivity contribution in [2.75, 3.05) is 12.3 Å². The number of nitrogen functional groups attached to an aromatic ring is 1. The Bertz CT molecular complexity index is 427. The van der Waals surface area contributed by atoms with Crippen LogP contribution >= 0.6 is 23.1 Å². The van der Waals surface area contributed by atoms with Crippen molar-refractivity contribution in [3.05, 3.63) is 5.69 Å². The molecule has 2 aliphatic rings. The maximum atomic E-state index is 6.08. The van der Waals surface area contributed by atoms with E-state index in [-0.39, 0.29) is 5.60 Å². The summed E-state index contributed by atoms with van der Waals surface area (Å²) < 4.78 is 7.38. The van der Waals surface area contributed by atoms with E-state index in [0.29, 0.717) is 10.4 Å². The van der Waals surface area contributed by atoms with Crippen LogP contribution in [0.5, 0.6) is 0 Å². The van der Waals surface area contributed by atoms with Gasteiger partial charge in [0.1, 0.15) is 0 Å². The highest BCUT2D eigenvalue weighted by Gasteiger charge is 2.40. The van der Waals surface area contributed by atoms with Crippen molar-refractivity contribution in [3.8, 4) is 0 Å². The van der Waals surface area contributed by atoms with E-state index in [0.717, 1.165) is 18.7 Å². The Morgan fingerprint density at radius 2 is 2.22 bits per heavy atom. The number of anilines is 1. The third-order valence-corrected chi connectivity index (χ3v) is 6.57. The number of thioether (sulfide) groups is 1. The molecule has 5 heteroatoms. The smallest absolute Gasteiger partial charge is 0.181 e. The van der Waals surface area contributed by atoms with Crippen LogP contribution in [0.2, 0.25) is 0 Å². The van der Waals surface area contributed by atoms with Gasteiger partial charge in [0, 0.05) is 11.9 Å². The van der Waals surface area contributed by atoms with E-state index in [9.17, 15) is 0 Å². The maximum Gasteiger partial charge on any atom is 0.181 e. The molecule has 1 unspecified atom stereocenters. The number of rotatable bonds is 2. The summed E-state index contributed by atoms with van der Waals surface area (Å²) in [7, 11) is 0. The highest BCUT2D eigenvalue weighted by molar-refractivity contribution is 8.01. The lowest BCUT2D eigenvalue weighted by Gasteiger charge is -2.37. The predicted octanol–water partition coefficient (Wildman–Crippen LogP) is 3.62. The summed E-state index contributed by atoms with van der Waals surface area (Å²) in [5, 5.41) is 1.37.